The number of rotatable bonds is 3. The average Bonchev–Trinajstić information content (AvgIpc) is 2.67. The molecule has 0 atom stereocenters. The van der Waals surface area contributed by atoms with E-state index in [1.165, 1.54) is 0 Å². The number of benzene rings is 1. The van der Waals surface area contributed by atoms with Crippen molar-refractivity contribution >= 4 is 17.0 Å². The van der Waals surface area contributed by atoms with Crippen molar-refractivity contribution in [1.29, 1.82) is 0 Å². The van der Waals surface area contributed by atoms with Crippen LogP contribution in [0.25, 0.3) is 11.0 Å². The van der Waals surface area contributed by atoms with Crippen molar-refractivity contribution in [3.05, 3.63) is 30.6 Å². The van der Waals surface area contributed by atoms with Gasteiger partial charge in [-0.25, -0.2) is 4.98 Å². The van der Waals surface area contributed by atoms with Gasteiger partial charge in [-0.1, -0.05) is 12.1 Å². The summed E-state index contributed by atoms with van der Waals surface area (Å²) in [5, 5.41) is 0. The Morgan fingerprint density at radius 2 is 2.06 bits per heavy atom. The fraction of sp³-hybridized carbons (Fsp3) is 0.429. The summed E-state index contributed by atoms with van der Waals surface area (Å²) in [7, 11) is 0. The van der Waals surface area contributed by atoms with Crippen LogP contribution in [0.5, 0.6) is 0 Å². The molecule has 0 bridgehead atoms. The number of aryl methyl sites for hydroxylation is 1. The molecule has 1 aromatic heterocycles. The van der Waals surface area contributed by atoms with Gasteiger partial charge in [0.05, 0.1) is 23.8 Å². The maximum atomic E-state index is 11.6. The molecule has 0 aliphatic rings. The summed E-state index contributed by atoms with van der Waals surface area (Å²) in [5.41, 5.74) is 1.57. The maximum absolute atomic E-state index is 11.6. The molecule has 0 N–H and O–H groups in total. The second-order valence-electron chi connectivity index (χ2n) is 5.26. The van der Waals surface area contributed by atoms with Gasteiger partial charge < -0.3 is 9.30 Å². The predicted octanol–water partition coefficient (Wildman–Crippen LogP) is 2.77. The molecule has 18 heavy (non-hydrogen) atoms. The zero-order valence-electron chi connectivity index (χ0n) is 11.0. The molecule has 0 aliphatic heterocycles. The number of ether oxygens (including phenoxy) is 1. The van der Waals surface area contributed by atoms with Crippen LogP contribution in [0.2, 0.25) is 0 Å². The zero-order chi connectivity index (χ0) is 13.2. The van der Waals surface area contributed by atoms with Crippen LogP contribution in [0.15, 0.2) is 30.6 Å². The molecule has 0 aliphatic carbocycles. The topological polar surface area (TPSA) is 44.1 Å². The lowest BCUT2D eigenvalue weighted by atomic mass is 10.2. The molecule has 0 unspecified atom stereocenters. The van der Waals surface area contributed by atoms with Crippen molar-refractivity contribution < 1.29 is 9.53 Å². The van der Waals surface area contributed by atoms with Crippen molar-refractivity contribution in [2.75, 3.05) is 0 Å². The van der Waals surface area contributed by atoms with E-state index in [4.69, 9.17) is 4.74 Å². The molecule has 4 heteroatoms. The van der Waals surface area contributed by atoms with E-state index >= 15 is 0 Å². The first-order chi connectivity index (χ1) is 8.46. The molecule has 0 saturated carbocycles. The van der Waals surface area contributed by atoms with Crippen molar-refractivity contribution in [2.24, 2.45) is 0 Å². The third-order valence-electron chi connectivity index (χ3n) is 2.50. The van der Waals surface area contributed by atoms with E-state index in [2.05, 4.69) is 4.98 Å². The molecule has 4 nitrogen and oxygen atoms in total. The fourth-order valence-electron chi connectivity index (χ4n) is 1.79. The van der Waals surface area contributed by atoms with Crippen molar-refractivity contribution in [3.63, 3.8) is 0 Å². The molecule has 0 amide bonds. The highest BCUT2D eigenvalue weighted by molar-refractivity contribution is 5.75. The molecule has 0 fully saturated rings. The van der Waals surface area contributed by atoms with E-state index in [1.807, 2.05) is 49.6 Å². The summed E-state index contributed by atoms with van der Waals surface area (Å²) < 4.78 is 7.25. The van der Waals surface area contributed by atoms with Crippen LogP contribution in [-0.2, 0) is 16.1 Å². The molecule has 2 rings (SSSR count). The molecule has 0 saturated heterocycles. The number of hydrogen-bond donors (Lipinski definition) is 0. The first-order valence-corrected chi connectivity index (χ1v) is 6.07. The Bertz CT molecular complexity index is 552. The summed E-state index contributed by atoms with van der Waals surface area (Å²) in [6.45, 7) is 6.21. The summed E-state index contributed by atoms with van der Waals surface area (Å²) in [4.78, 5) is 15.9. The Balaban J connectivity index is 2.00. The van der Waals surface area contributed by atoms with Gasteiger partial charge in [0.15, 0.2) is 0 Å². The van der Waals surface area contributed by atoms with Crippen molar-refractivity contribution in [3.8, 4) is 0 Å². The Kier molecular flexibility index (Phi) is 3.36. The van der Waals surface area contributed by atoms with Gasteiger partial charge in [-0.2, -0.15) is 0 Å². The number of para-hydroxylation sites is 2. The van der Waals surface area contributed by atoms with Crippen LogP contribution in [0, 0.1) is 0 Å². The fourth-order valence-corrected chi connectivity index (χ4v) is 1.79. The lowest BCUT2D eigenvalue weighted by molar-refractivity contribution is -0.155. The lowest BCUT2D eigenvalue weighted by Crippen LogP contribution is -2.24. The van der Waals surface area contributed by atoms with Crippen molar-refractivity contribution in [1.82, 2.24) is 9.55 Å². The number of esters is 1. The van der Waals surface area contributed by atoms with Gasteiger partial charge in [0.2, 0.25) is 0 Å². The van der Waals surface area contributed by atoms with Crippen LogP contribution in [0.4, 0.5) is 0 Å². The minimum absolute atomic E-state index is 0.180. The second kappa shape index (κ2) is 4.80. The summed E-state index contributed by atoms with van der Waals surface area (Å²) in [5.74, 6) is -0.180. The van der Waals surface area contributed by atoms with Crippen LogP contribution < -0.4 is 0 Å². The quantitative estimate of drug-likeness (QED) is 0.782. The third-order valence-corrected chi connectivity index (χ3v) is 2.50. The Hall–Kier alpha value is -1.84. The molecule has 96 valence electrons. The zero-order valence-corrected chi connectivity index (χ0v) is 11.0. The lowest BCUT2D eigenvalue weighted by Gasteiger charge is -2.19. The normalized spacial score (nSPS) is 11.7. The summed E-state index contributed by atoms with van der Waals surface area (Å²) in [6.07, 6.45) is 2.12. The first kappa shape index (κ1) is 12.6. The number of carbonyl (C=O) groups excluding carboxylic acids is 1. The van der Waals surface area contributed by atoms with Gasteiger partial charge in [0, 0.05) is 6.54 Å². The number of aromatic nitrogens is 2. The minimum Gasteiger partial charge on any atom is -0.460 e. The largest absolute Gasteiger partial charge is 0.460 e. The number of carbonyl (C=O) groups is 1. The Morgan fingerprint density at radius 3 is 2.78 bits per heavy atom. The average molecular weight is 246 g/mol. The number of hydrogen-bond acceptors (Lipinski definition) is 3. The standard InChI is InChI=1S/C14H18N2O2/c1-14(2,3)18-13(17)8-9-16-10-15-11-6-4-5-7-12(11)16/h4-7,10H,8-9H2,1-3H3. The van der Waals surface area contributed by atoms with Gasteiger partial charge in [-0.3, -0.25) is 4.79 Å². The van der Waals surface area contributed by atoms with Crippen molar-refractivity contribution in [2.45, 2.75) is 39.3 Å². The minimum atomic E-state index is -0.423. The summed E-state index contributed by atoms with van der Waals surface area (Å²) in [6, 6.07) is 7.87. The monoisotopic (exact) mass is 246 g/mol. The van der Waals surface area contributed by atoms with Gasteiger partial charge in [-0.05, 0) is 32.9 Å². The van der Waals surface area contributed by atoms with Crippen LogP contribution in [0.1, 0.15) is 27.2 Å². The van der Waals surface area contributed by atoms with Gasteiger partial charge in [0.1, 0.15) is 5.60 Å². The van der Waals surface area contributed by atoms with E-state index in [0.29, 0.717) is 13.0 Å². The summed E-state index contributed by atoms with van der Waals surface area (Å²) >= 11 is 0. The highest BCUT2D eigenvalue weighted by atomic mass is 16.6. The van der Waals surface area contributed by atoms with Gasteiger partial charge in [-0.15, -0.1) is 0 Å². The number of fused-ring (bicyclic) bond motifs is 1. The number of imidazole rings is 1. The molecule has 0 radical (unpaired) electrons. The SMILES string of the molecule is CC(C)(C)OC(=O)CCn1cnc2ccccc21. The van der Waals surface area contributed by atoms with Gasteiger partial charge >= 0.3 is 5.97 Å². The van der Waals surface area contributed by atoms with E-state index in [1.54, 1.807) is 6.33 Å². The van der Waals surface area contributed by atoms with E-state index in [9.17, 15) is 4.79 Å². The molecular formula is C14H18N2O2. The maximum Gasteiger partial charge on any atom is 0.308 e. The molecule has 2 aromatic rings. The highest BCUT2D eigenvalue weighted by Gasteiger charge is 2.16. The first-order valence-electron chi connectivity index (χ1n) is 6.07. The molecule has 0 spiro atoms. The number of nitrogens with zero attached hydrogens (tertiary/aromatic N) is 2. The Labute approximate surface area is 107 Å². The van der Waals surface area contributed by atoms with Crippen LogP contribution >= 0.6 is 0 Å². The van der Waals surface area contributed by atoms with E-state index < -0.39 is 5.60 Å². The van der Waals surface area contributed by atoms with Gasteiger partial charge in [0.25, 0.3) is 0 Å². The molecular weight excluding hydrogens is 228 g/mol. The predicted molar refractivity (Wildman–Crippen MR) is 70.2 cm³/mol. The van der Waals surface area contributed by atoms with Crippen LogP contribution in [-0.4, -0.2) is 21.1 Å². The molecule has 1 heterocycles. The van der Waals surface area contributed by atoms with E-state index in [-0.39, 0.29) is 5.97 Å². The third kappa shape index (κ3) is 3.09. The van der Waals surface area contributed by atoms with E-state index in [0.717, 1.165) is 11.0 Å². The smallest absolute Gasteiger partial charge is 0.308 e. The Morgan fingerprint density at radius 1 is 1.33 bits per heavy atom. The van der Waals surface area contributed by atoms with Crippen LogP contribution in [0.3, 0.4) is 0 Å². The highest BCUT2D eigenvalue weighted by Crippen LogP contribution is 2.13. The second-order valence-corrected chi connectivity index (χ2v) is 5.26. The molecule has 1 aromatic carbocycles.